The zero-order valence-corrected chi connectivity index (χ0v) is 11.5. The third kappa shape index (κ3) is 2.35. The summed E-state index contributed by atoms with van der Waals surface area (Å²) in [5.41, 5.74) is 6.01. The van der Waals surface area contributed by atoms with E-state index in [1.54, 1.807) is 4.31 Å². The number of hydrogen-bond acceptors (Lipinski definition) is 4. The van der Waals surface area contributed by atoms with Crippen molar-refractivity contribution >= 4 is 15.7 Å². The van der Waals surface area contributed by atoms with E-state index in [2.05, 4.69) is 11.9 Å². The number of hydrogen-bond donors (Lipinski definition) is 1. The van der Waals surface area contributed by atoms with Crippen molar-refractivity contribution in [1.82, 2.24) is 9.29 Å². The Hall–Kier alpha value is -1.14. The smallest absolute Gasteiger partial charge is 0.246 e. The number of aromatic nitrogens is 1. The zero-order chi connectivity index (χ0) is 13.3. The molecule has 0 aliphatic carbocycles. The summed E-state index contributed by atoms with van der Waals surface area (Å²) in [6.07, 6.45) is 4.78. The summed E-state index contributed by atoms with van der Waals surface area (Å²) >= 11 is 0. The molecule has 0 saturated carbocycles. The van der Waals surface area contributed by atoms with Crippen LogP contribution in [0.4, 0.5) is 5.69 Å². The Morgan fingerprint density at radius 1 is 1.39 bits per heavy atom. The molecule has 1 fully saturated rings. The molecule has 1 aromatic rings. The van der Waals surface area contributed by atoms with Gasteiger partial charge in [-0.25, -0.2) is 8.42 Å². The second-order valence-electron chi connectivity index (χ2n) is 5.02. The van der Waals surface area contributed by atoms with Crippen LogP contribution >= 0.6 is 0 Å². The summed E-state index contributed by atoms with van der Waals surface area (Å²) in [5, 5.41) is 0. The van der Waals surface area contributed by atoms with Crippen molar-refractivity contribution in [2.24, 2.45) is 5.92 Å². The maximum absolute atomic E-state index is 12.6. The van der Waals surface area contributed by atoms with E-state index in [9.17, 15) is 8.42 Å². The fourth-order valence-electron chi connectivity index (χ4n) is 2.32. The average Bonchev–Trinajstić information content (AvgIpc) is 2.32. The minimum atomic E-state index is -3.53. The molecule has 0 radical (unpaired) electrons. The Morgan fingerprint density at radius 2 is 2.11 bits per heavy atom. The number of anilines is 1. The average molecular weight is 269 g/mol. The van der Waals surface area contributed by atoms with Crippen molar-refractivity contribution in [3.8, 4) is 0 Å². The molecule has 1 saturated heterocycles. The molecular formula is C12H19N3O2S. The van der Waals surface area contributed by atoms with Gasteiger partial charge in [-0.05, 0) is 31.7 Å². The van der Waals surface area contributed by atoms with Gasteiger partial charge < -0.3 is 5.73 Å². The predicted octanol–water partition coefficient (Wildman–Crippen LogP) is 1.47. The van der Waals surface area contributed by atoms with Crippen LogP contribution in [0.3, 0.4) is 0 Å². The molecule has 2 unspecified atom stereocenters. The van der Waals surface area contributed by atoms with Gasteiger partial charge in [-0.2, -0.15) is 4.31 Å². The van der Waals surface area contributed by atoms with Crippen LogP contribution < -0.4 is 5.73 Å². The number of rotatable bonds is 2. The van der Waals surface area contributed by atoms with E-state index in [-0.39, 0.29) is 16.6 Å². The molecule has 5 nitrogen and oxygen atoms in total. The third-order valence-electron chi connectivity index (χ3n) is 3.46. The highest BCUT2D eigenvalue weighted by molar-refractivity contribution is 7.89. The van der Waals surface area contributed by atoms with E-state index in [0.29, 0.717) is 12.5 Å². The van der Waals surface area contributed by atoms with Crippen molar-refractivity contribution in [3.63, 3.8) is 0 Å². The van der Waals surface area contributed by atoms with Crippen LogP contribution in [0, 0.1) is 5.92 Å². The highest BCUT2D eigenvalue weighted by Gasteiger charge is 2.34. The molecule has 0 bridgehead atoms. The number of sulfonamides is 1. The van der Waals surface area contributed by atoms with Crippen LogP contribution in [0.1, 0.15) is 26.7 Å². The fraction of sp³-hybridized carbons (Fsp3) is 0.583. The maximum Gasteiger partial charge on any atom is 0.246 e. The highest BCUT2D eigenvalue weighted by atomic mass is 32.2. The van der Waals surface area contributed by atoms with Gasteiger partial charge in [0.15, 0.2) is 0 Å². The Labute approximate surface area is 108 Å². The zero-order valence-electron chi connectivity index (χ0n) is 10.7. The third-order valence-corrected chi connectivity index (χ3v) is 5.49. The van der Waals surface area contributed by atoms with E-state index in [0.717, 1.165) is 12.8 Å². The molecule has 2 rings (SSSR count). The lowest BCUT2D eigenvalue weighted by molar-refractivity contribution is 0.218. The second kappa shape index (κ2) is 4.85. The van der Waals surface area contributed by atoms with E-state index < -0.39 is 10.0 Å². The SMILES string of the molecule is CC1CCC(C)N(S(=O)(=O)c2cnccc2N)C1. The van der Waals surface area contributed by atoms with E-state index in [1.807, 2.05) is 6.92 Å². The monoisotopic (exact) mass is 269 g/mol. The van der Waals surface area contributed by atoms with Gasteiger partial charge in [0.1, 0.15) is 4.90 Å². The van der Waals surface area contributed by atoms with Crippen molar-refractivity contribution in [2.45, 2.75) is 37.6 Å². The number of pyridine rings is 1. The molecule has 0 aromatic carbocycles. The Morgan fingerprint density at radius 3 is 2.78 bits per heavy atom. The number of nitrogen functional groups attached to an aromatic ring is 1. The lowest BCUT2D eigenvalue weighted by Gasteiger charge is -2.35. The van der Waals surface area contributed by atoms with E-state index >= 15 is 0 Å². The molecule has 2 heterocycles. The minimum absolute atomic E-state index is 0.0193. The highest BCUT2D eigenvalue weighted by Crippen LogP contribution is 2.29. The fourth-order valence-corrected chi connectivity index (χ4v) is 4.16. The van der Waals surface area contributed by atoms with Crippen molar-refractivity contribution in [3.05, 3.63) is 18.5 Å². The van der Waals surface area contributed by atoms with Gasteiger partial charge in [-0.1, -0.05) is 6.92 Å². The molecule has 1 aromatic heterocycles. The minimum Gasteiger partial charge on any atom is -0.398 e. The number of nitrogens with zero attached hydrogens (tertiary/aromatic N) is 2. The van der Waals surface area contributed by atoms with Crippen LogP contribution in [0.25, 0.3) is 0 Å². The quantitative estimate of drug-likeness (QED) is 0.882. The predicted molar refractivity (Wildman–Crippen MR) is 70.4 cm³/mol. The molecule has 1 aliphatic heterocycles. The first-order chi connectivity index (χ1) is 8.43. The first-order valence-corrected chi connectivity index (χ1v) is 7.58. The molecule has 2 atom stereocenters. The van der Waals surface area contributed by atoms with E-state index in [1.165, 1.54) is 18.5 Å². The molecule has 6 heteroatoms. The summed E-state index contributed by atoms with van der Waals surface area (Å²) in [6, 6.07) is 1.54. The van der Waals surface area contributed by atoms with Crippen LogP contribution in [-0.4, -0.2) is 30.3 Å². The second-order valence-corrected chi connectivity index (χ2v) is 6.88. The molecule has 0 spiro atoms. The van der Waals surface area contributed by atoms with Crippen LogP contribution in [0.2, 0.25) is 0 Å². The van der Waals surface area contributed by atoms with Gasteiger partial charge >= 0.3 is 0 Å². The Balaban J connectivity index is 2.39. The van der Waals surface area contributed by atoms with Gasteiger partial charge in [-0.15, -0.1) is 0 Å². The molecule has 100 valence electrons. The summed E-state index contributed by atoms with van der Waals surface area (Å²) in [4.78, 5) is 3.98. The summed E-state index contributed by atoms with van der Waals surface area (Å²) in [7, 11) is -3.53. The van der Waals surface area contributed by atoms with Crippen molar-refractivity contribution < 1.29 is 8.42 Å². The van der Waals surface area contributed by atoms with Crippen LogP contribution in [-0.2, 0) is 10.0 Å². The first-order valence-electron chi connectivity index (χ1n) is 6.14. The van der Waals surface area contributed by atoms with Crippen molar-refractivity contribution in [2.75, 3.05) is 12.3 Å². The van der Waals surface area contributed by atoms with Gasteiger partial charge in [0, 0.05) is 25.0 Å². The van der Waals surface area contributed by atoms with Gasteiger partial charge in [0.25, 0.3) is 0 Å². The number of nitrogens with two attached hydrogens (primary N) is 1. The number of piperidine rings is 1. The lowest BCUT2D eigenvalue weighted by atomic mass is 9.97. The van der Waals surface area contributed by atoms with Crippen molar-refractivity contribution in [1.29, 1.82) is 0 Å². The van der Waals surface area contributed by atoms with Crippen LogP contribution in [0.5, 0.6) is 0 Å². The normalized spacial score (nSPS) is 26.1. The Kier molecular flexibility index (Phi) is 3.59. The lowest BCUT2D eigenvalue weighted by Crippen LogP contribution is -2.45. The molecule has 0 amide bonds. The van der Waals surface area contributed by atoms with Gasteiger partial charge in [-0.3, -0.25) is 4.98 Å². The Bertz CT molecular complexity index is 530. The summed E-state index contributed by atoms with van der Waals surface area (Å²) in [5.74, 6) is 0.383. The van der Waals surface area contributed by atoms with Crippen LogP contribution in [0.15, 0.2) is 23.4 Å². The summed E-state index contributed by atoms with van der Waals surface area (Å²) in [6.45, 7) is 4.56. The van der Waals surface area contributed by atoms with Gasteiger partial charge in [0.05, 0.1) is 5.69 Å². The topological polar surface area (TPSA) is 76.3 Å². The maximum atomic E-state index is 12.6. The molecular weight excluding hydrogens is 250 g/mol. The summed E-state index contributed by atoms with van der Waals surface area (Å²) < 4.78 is 26.7. The van der Waals surface area contributed by atoms with Gasteiger partial charge in [0.2, 0.25) is 10.0 Å². The standard InChI is InChI=1S/C12H19N3O2S/c1-9-3-4-10(2)15(8-9)18(16,17)12-7-14-6-5-11(12)13/h5-7,9-10H,3-4,8H2,1-2H3,(H2,13,14). The largest absolute Gasteiger partial charge is 0.398 e. The first kappa shape index (κ1) is 13.3. The molecule has 18 heavy (non-hydrogen) atoms. The van der Waals surface area contributed by atoms with E-state index in [4.69, 9.17) is 5.73 Å². The molecule has 1 aliphatic rings. The molecule has 2 N–H and O–H groups in total.